The standard InChI is InChI=1S/C31H29FN4O4S2/c1-31(2,29(38)35-30-33-17-25(41-30)42(3)39)26-20-8-4-5-9-24(20)40-27-21(26)12-13-23(34-27)18-10-11-19(22(32)16-18)28(37)36-14-6-7-15-36/h4-5,8-13,16-17,26H,6-7,14-15H2,1-3H3,(H,33,35,38)/t26-,42?/m0/s1. The summed E-state index contributed by atoms with van der Waals surface area (Å²) in [6.45, 7) is 4.99. The molecule has 4 heterocycles. The Kier molecular flexibility index (Phi) is 7.40. The van der Waals surface area contributed by atoms with Crippen LogP contribution in [0, 0.1) is 11.2 Å². The number of halogens is 1. The first-order valence-electron chi connectivity index (χ1n) is 13.6. The van der Waals surface area contributed by atoms with Crippen LogP contribution in [0.5, 0.6) is 11.6 Å². The van der Waals surface area contributed by atoms with Gasteiger partial charge in [-0.2, -0.15) is 0 Å². The van der Waals surface area contributed by atoms with E-state index >= 15 is 4.39 Å². The van der Waals surface area contributed by atoms with Crippen LogP contribution in [0.2, 0.25) is 0 Å². The van der Waals surface area contributed by atoms with Crippen molar-refractivity contribution < 1.29 is 22.9 Å². The Morgan fingerprint density at radius 3 is 2.57 bits per heavy atom. The van der Waals surface area contributed by atoms with Crippen molar-refractivity contribution in [1.29, 1.82) is 0 Å². The predicted molar refractivity (Wildman–Crippen MR) is 160 cm³/mol. The van der Waals surface area contributed by atoms with Crippen LogP contribution in [0.15, 0.2) is 65.0 Å². The smallest absolute Gasteiger partial charge is 0.256 e. The number of thiazole rings is 1. The Morgan fingerprint density at radius 1 is 1.10 bits per heavy atom. The van der Waals surface area contributed by atoms with Gasteiger partial charge in [0.15, 0.2) is 5.13 Å². The van der Waals surface area contributed by atoms with Crippen molar-refractivity contribution in [1.82, 2.24) is 14.9 Å². The first-order chi connectivity index (χ1) is 20.1. The number of para-hydroxylation sites is 1. The van der Waals surface area contributed by atoms with Gasteiger partial charge in [0.2, 0.25) is 11.8 Å². The van der Waals surface area contributed by atoms with Crippen molar-refractivity contribution in [2.24, 2.45) is 5.41 Å². The molecule has 0 bridgehead atoms. The molecule has 0 saturated carbocycles. The molecule has 216 valence electrons. The summed E-state index contributed by atoms with van der Waals surface area (Å²) in [7, 11) is -1.19. The highest BCUT2D eigenvalue weighted by atomic mass is 32.2. The average Bonchev–Trinajstić information content (AvgIpc) is 3.68. The number of hydrogen-bond acceptors (Lipinski definition) is 7. The van der Waals surface area contributed by atoms with E-state index in [2.05, 4.69) is 10.3 Å². The van der Waals surface area contributed by atoms with Gasteiger partial charge in [-0.1, -0.05) is 55.5 Å². The molecule has 2 aliphatic heterocycles. The Labute approximate surface area is 249 Å². The van der Waals surface area contributed by atoms with Crippen LogP contribution in [-0.2, 0) is 15.6 Å². The quantitative estimate of drug-likeness (QED) is 0.280. The summed E-state index contributed by atoms with van der Waals surface area (Å²) in [6.07, 6.45) is 4.93. The number of nitrogens with zero attached hydrogens (tertiary/aromatic N) is 3. The van der Waals surface area contributed by atoms with E-state index in [1.807, 2.05) is 44.2 Å². The Morgan fingerprint density at radius 2 is 1.86 bits per heavy atom. The maximum atomic E-state index is 15.1. The summed E-state index contributed by atoms with van der Waals surface area (Å²) >= 11 is 1.18. The molecule has 6 rings (SSSR count). The minimum absolute atomic E-state index is 0.0501. The zero-order valence-electron chi connectivity index (χ0n) is 23.3. The molecule has 2 aliphatic rings. The van der Waals surface area contributed by atoms with Crippen LogP contribution in [0.25, 0.3) is 11.3 Å². The lowest BCUT2D eigenvalue weighted by Gasteiger charge is -2.37. The van der Waals surface area contributed by atoms with Gasteiger partial charge < -0.3 is 15.0 Å². The van der Waals surface area contributed by atoms with Gasteiger partial charge in [-0.3, -0.25) is 13.8 Å². The number of fused-ring (bicyclic) bond motifs is 2. The number of anilines is 1. The molecule has 0 spiro atoms. The molecule has 0 radical (unpaired) electrons. The van der Waals surface area contributed by atoms with E-state index in [0.717, 1.165) is 18.4 Å². The number of nitrogens with one attached hydrogen (secondary N) is 1. The van der Waals surface area contributed by atoms with Crippen LogP contribution in [-0.4, -0.2) is 50.2 Å². The summed E-state index contributed by atoms with van der Waals surface area (Å²) in [5, 5.41) is 3.27. The lowest BCUT2D eigenvalue weighted by atomic mass is 9.69. The highest BCUT2D eigenvalue weighted by Gasteiger charge is 2.44. The monoisotopic (exact) mass is 604 g/mol. The van der Waals surface area contributed by atoms with Crippen molar-refractivity contribution in [3.8, 4) is 22.9 Å². The maximum absolute atomic E-state index is 15.1. The van der Waals surface area contributed by atoms with Crippen molar-refractivity contribution in [3.05, 3.63) is 83.3 Å². The number of pyridine rings is 1. The van der Waals surface area contributed by atoms with Gasteiger partial charge in [0, 0.05) is 42.0 Å². The first kappa shape index (κ1) is 28.2. The van der Waals surface area contributed by atoms with Gasteiger partial charge in [-0.25, -0.2) is 14.4 Å². The number of likely N-dealkylation sites (tertiary alicyclic amines) is 1. The largest absolute Gasteiger partial charge is 0.438 e. The third-order valence-corrected chi connectivity index (χ3v) is 10.2. The van der Waals surface area contributed by atoms with Crippen LogP contribution >= 0.6 is 11.3 Å². The SMILES string of the molecule is CS(=O)c1cnc(NC(=O)C(C)(C)[C@H]2c3ccccc3Oc3nc(-c4ccc(C(=O)N5CCCC5)c(F)c4)ccc32)s1. The summed E-state index contributed by atoms with van der Waals surface area (Å²) < 4.78 is 33.7. The molecule has 1 fully saturated rings. The molecule has 1 saturated heterocycles. The second-order valence-corrected chi connectivity index (χ2v) is 13.6. The van der Waals surface area contributed by atoms with Crippen molar-refractivity contribution in [2.45, 2.75) is 36.8 Å². The van der Waals surface area contributed by atoms with Crippen molar-refractivity contribution in [3.63, 3.8) is 0 Å². The highest BCUT2D eigenvalue weighted by Crippen LogP contribution is 2.52. The van der Waals surface area contributed by atoms with Crippen LogP contribution in [0.1, 0.15) is 54.1 Å². The third kappa shape index (κ3) is 5.11. The maximum Gasteiger partial charge on any atom is 0.256 e. The molecule has 2 aromatic carbocycles. The number of benzene rings is 2. The van der Waals surface area contributed by atoms with E-state index in [1.54, 1.807) is 23.3 Å². The molecule has 1 unspecified atom stereocenters. The number of ether oxygens (including phenoxy) is 1. The van der Waals surface area contributed by atoms with Gasteiger partial charge >= 0.3 is 0 Å². The molecule has 0 aliphatic carbocycles. The minimum atomic E-state index is -1.19. The zero-order valence-corrected chi connectivity index (χ0v) is 25.0. The van der Waals surface area contributed by atoms with Gasteiger partial charge in [-0.05, 0) is 37.1 Å². The molecule has 2 atom stereocenters. The second-order valence-electron chi connectivity index (χ2n) is 11.0. The van der Waals surface area contributed by atoms with Crippen LogP contribution in [0.4, 0.5) is 9.52 Å². The lowest BCUT2D eigenvalue weighted by molar-refractivity contribution is -0.124. The topological polar surface area (TPSA) is 101 Å². The fraction of sp³-hybridized carbons (Fsp3) is 0.290. The number of rotatable bonds is 6. The number of hydrogen-bond donors (Lipinski definition) is 1. The average molecular weight is 605 g/mol. The first-order valence-corrected chi connectivity index (χ1v) is 16.0. The van der Waals surface area contributed by atoms with E-state index in [0.29, 0.717) is 50.9 Å². The molecule has 4 aromatic rings. The molecular weight excluding hydrogens is 575 g/mol. The summed E-state index contributed by atoms with van der Waals surface area (Å²) in [5.74, 6) is -0.666. The van der Waals surface area contributed by atoms with Gasteiger partial charge in [-0.15, -0.1) is 0 Å². The van der Waals surface area contributed by atoms with Crippen LogP contribution in [0.3, 0.4) is 0 Å². The van der Waals surface area contributed by atoms with Gasteiger partial charge in [0.1, 0.15) is 15.8 Å². The minimum Gasteiger partial charge on any atom is -0.438 e. The number of amides is 2. The summed E-state index contributed by atoms with van der Waals surface area (Å²) in [4.78, 5) is 37.1. The zero-order chi connectivity index (χ0) is 29.6. The van der Waals surface area contributed by atoms with Gasteiger partial charge in [0.05, 0.1) is 33.7 Å². The fourth-order valence-corrected chi connectivity index (χ4v) is 7.00. The van der Waals surface area contributed by atoms with E-state index in [9.17, 15) is 13.8 Å². The Hall–Kier alpha value is -3.96. The Bertz CT molecular complexity index is 1730. The molecule has 1 N–H and O–H groups in total. The lowest BCUT2D eigenvalue weighted by Crippen LogP contribution is -2.38. The molecule has 2 amide bonds. The Balaban J connectivity index is 1.33. The molecular formula is C31H29FN4O4S2. The molecule has 42 heavy (non-hydrogen) atoms. The summed E-state index contributed by atoms with van der Waals surface area (Å²) in [5.41, 5.74) is 1.62. The second kappa shape index (κ2) is 11.0. The highest BCUT2D eigenvalue weighted by molar-refractivity contribution is 7.86. The van der Waals surface area contributed by atoms with E-state index in [4.69, 9.17) is 9.72 Å². The molecule has 8 nitrogen and oxygen atoms in total. The summed E-state index contributed by atoms with van der Waals surface area (Å²) in [6, 6.07) is 15.7. The number of aromatic nitrogens is 2. The normalized spacial score (nSPS) is 16.8. The third-order valence-electron chi connectivity index (χ3n) is 7.82. The molecule has 11 heteroatoms. The van der Waals surface area contributed by atoms with Crippen molar-refractivity contribution in [2.75, 3.05) is 24.7 Å². The fourth-order valence-electron chi connectivity index (χ4n) is 5.55. The predicted octanol–water partition coefficient (Wildman–Crippen LogP) is 6.22. The van der Waals surface area contributed by atoms with E-state index in [1.165, 1.54) is 29.7 Å². The van der Waals surface area contributed by atoms with Crippen molar-refractivity contribution >= 4 is 39.1 Å². The van der Waals surface area contributed by atoms with E-state index in [-0.39, 0.29) is 17.4 Å². The van der Waals surface area contributed by atoms with E-state index < -0.39 is 27.9 Å². The number of carbonyl (C=O) groups excluding carboxylic acids is 2. The van der Waals surface area contributed by atoms with Gasteiger partial charge in [0.25, 0.3) is 5.91 Å². The van der Waals surface area contributed by atoms with Crippen LogP contribution < -0.4 is 10.1 Å². The number of carbonyl (C=O) groups is 2. The molecule has 2 aromatic heterocycles.